The second-order valence-corrected chi connectivity index (χ2v) is 11.8. The van der Waals surface area contributed by atoms with Gasteiger partial charge in [-0.25, -0.2) is 4.68 Å². The van der Waals surface area contributed by atoms with Crippen LogP contribution < -0.4 is 5.32 Å². The SMILES string of the molecule is CC(=O)NC1(c2ccccc2)CCN(CC[C@@H](c2ccc(Cl)c(Cl)c2)[C@H](OC(C)=O)c2cnnn2-c2ccccc2)CC1. The molecule has 0 aliphatic carbocycles. The van der Waals surface area contributed by atoms with Crippen LogP contribution in [-0.2, 0) is 19.9 Å². The molecule has 2 atom stereocenters. The van der Waals surface area contributed by atoms with Gasteiger partial charge in [0.1, 0.15) is 5.69 Å². The minimum Gasteiger partial charge on any atom is -0.455 e. The van der Waals surface area contributed by atoms with Crippen molar-refractivity contribution < 1.29 is 14.3 Å². The third-order valence-electron chi connectivity index (χ3n) is 8.11. The number of nitrogens with zero attached hydrogens (tertiary/aromatic N) is 4. The summed E-state index contributed by atoms with van der Waals surface area (Å²) in [6.07, 6.45) is 3.19. The van der Waals surface area contributed by atoms with Crippen molar-refractivity contribution in [2.75, 3.05) is 19.6 Å². The minimum absolute atomic E-state index is 0.0372. The fourth-order valence-electron chi connectivity index (χ4n) is 6.03. The van der Waals surface area contributed by atoms with Crippen LogP contribution in [0.2, 0.25) is 10.0 Å². The lowest BCUT2D eigenvalue weighted by Gasteiger charge is -2.43. The number of nitrogens with one attached hydrogen (secondary N) is 1. The molecule has 1 aromatic heterocycles. The molecule has 2 heterocycles. The van der Waals surface area contributed by atoms with E-state index in [9.17, 15) is 9.59 Å². The number of esters is 1. The van der Waals surface area contributed by atoms with Crippen LogP contribution in [0.25, 0.3) is 5.69 Å². The van der Waals surface area contributed by atoms with E-state index in [4.69, 9.17) is 27.9 Å². The summed E-state index contributed by atoms with van der Waals surface area (Å²) in [5.74, 6) is -0.711. The van der Waals surface area contributed by atoms with Crippen molar-refractivity contribution in [3.8, 4) is 5.69 Å². The summed E-state index contributed by atoms with van der Waals surface area (Å²) < 4.78 is 7.75. The van der Waals surface area contributed by atoms with Crippen LogP contribution in [0.15, 0.2) is 85.1 Å². The predicted octanol–water partition coefficient (Wildman–Crippen LogP) is 6.48. The third-order valence-corrected chi connectivity index (χ3v) is 8.84. The molecule has 10 heteroatoms. The highest BCUT2D eigenvalue weighted by molar-refractivity contribution is 6.42. The van der Waals surface area contributed by atoms with E-state index in [1.54, 1.807) is 23.9 Å². The van der Waals surface area contributed by atoms with E-state index in [0.717, 1.165) is 49.3 Å². The van der Waals surface area contributed by atoms with E-state index in [1.807, 2.05) is 60.7 Å². The number of likely N-dealkylation sites (tertiary alicyclic amines) is 1. The van der Waals surface area contributed by atoms with Gasteiger partial charge in [-0.05, 0) is 61.2 Å². The molecule has 4 aromatic rings. The molecule has 3 aromatic carbocycles. The summed E-state index contributed by atoms with van der Waals surface area (Å²) >= 11 is 12.8. The topological polar surface area (TPSA) is 89.3 Å². The zero-order chi connectivity index (χ0) is 30.4. The van der Waals surface area contributed by atoms with Crippen molar-refractivity contribution in [3.63, 3.8) is 0 Å². The Balaban J connectivity index is 1.42. The maximum absolute atomic E-state index is 12.5. The van der Waals surface area contributed by atoms with E-state index < -0.39 is 17.6 Å². The van der Waals surface area contributed by atoms with Gasteiger partial charge in [0.2, 0.25) is 5.91 Å². The standard InChI is InChI=1S/C33H35Cl2N5O3/c1-23(41)37-33(26-9-5-3-6-10-26)16-19-39(20-17-33)18-15-28(25-13-14-29(34)30(35)21-25)32(43-24(2)42)31-22-36-38-40(31)27-11-7-4-8-12-27/h3-14,21-22,28,32H,15-20H2,1-2H3,(H,37,41)/t28-,32-/m0/s1. The van der Waals surface area contributed by atoms with Crippen LogP contribution in [0.5, 0.6) is 0 Å². The molecular weight excluding hydrogens is 585 g/mol. The van der Waals surface area contributed by atoms with Crippen LogP contribution in [0.4, 0.5) is 0 Å². The van der Waals surface area contributed by atoms with E-state index in [-0.39, 0.29) is 11.8 Å². The molecule has 0 spiro atoms. The second kappa shape index (κ2) is 13.7. The number of para-hydroxylation sites is 1. The first-order valence-electron chi connectivity index (χ1n) is 14.4. The highest BCUT2D eigenvalue weighted by Gasteiger charge is 2.38. The van der Waals surface area contributed by atoms with Gasteiger partial charge in [-0.1, -0.05) is 83.0 Å². The molecule has 1 aliphatic rings. The number of halogens is 2. The highest BCUT2D eigenvalue weighted by atomic mass is 35.5. The number of hydrogen-bond acceptors (Lipinski definition) is 6. The van der Waals surface area contributed by atoms with Gasteiger partial charge in [-0.3, -0.25) is 9.59 Å². The number of aromatic nitrogens is 3. The zero-order valence-corrected chi connectivity index (χ0v) is 25.8. The zero-order valence-electron chi connectivity index (χ0n) is 24.2. The molecule has 1 fully saturated rings. The molecule has 5 rings (SSSR count). The predicted molar refractivity (Wildman–Crippen MR) is 167 cm³/mol. The first-order chi connectivity index (χ1) is 20.8. The third kappa shape index (κ3) is 7.26. The molecule has 1 N–H and O–H groups in total. The van der Waals surface area contributed by atoms with E-state index >= 15 is 0 Å². The fourth-order valence-corrected chi connectivity index (χ4v) is 6.34. The molecular formula is C33H35Cl2N5O3. The number of benzene rings is 3. The lowest BCUT2D eigenvalue weighted by atomic mass is 9.80. The molecule has 224 valence electrons. The number of amides is 1. The van der Waals surface area contributed by atoms with Crippen molar-refractivity contribution in [2.24, 2.45) is 0 Å². The highest BCUT2D eigenvalue weighted by Crippen LogP contribution is 2.40. The molecule has 0 unspecified atom stereocenters. The molecule has 43 heavy (non-hydrogen) atoms. The molecule has 8 nitrogen and oxygen atoms in total. The van der Waals surface area contributed by atoms with Crippen molar-refractivity contribution in [3.05, 3.63) is 112 Å². The average Bonchev–Trinajstić information content (AvgIpc) is 3.49. The summed E-state index contributed by atoms with van der Waals surface area (Å²) in [6.45, 7) is 5.31. The molecule has 0 radical (unpaired) electrons. The van der Waals surface area contributed by atoms with Crippen molar-refractivity contribution in [2.45, 2.75) is 50.7 Å². The average molecular weight is 621 g/mol. The number of rotatable bonds is 10. The van der Waals surface area contributed by atoms with Crippen molar-refractivity contribution in [1.82, 2.24) is 25.2 Å². The normalized spacial score (nSPS) is 16.3. The summed E-state index contributed by atoms with van der Waals surface area (Å²) in [5, 5.41) is 12.6. The molecule has 0 bridgehead atoms. The van der Waals surface area contributed by atoms with Crippen LogP contribution in [0.1, 0.15) is 62.0 Å². The fraction of sp³-hybridized carbons (Fsp3) is 0.333. The van der Waals surface area contributed by atoms with Crippen LogP contribution >= 0.6 is 23.2 Å². The van der Waals surface area contributed by atoms with E-state index in [2.05, 4.69) is 32.7 Å². The Bertz CT molecular complexity index is 1540. The summed E-state index contributed by atoms with van der Waals surface area (Å²) in [5.41, 5.74) is 3.09. The smallest absolute Gasteiger partial charge is 0.303 e. The van der Waals surface area contributed by atoms with Gasteiger partial charge < -0.3 is 15.0 Å². The second-order valence-electron chi connectivity index (χ2n) is 11.0. The van der Waals surface area contributed by atoms with Gasteiger partial charge in [-0.15, -0.1) is 5.10 Å². The van der Waals surface area contributed by atoms with Crippen molar-refractivity contribution >= 4 is 35.1 Å². The number of ether oxygens (including phenoxy) is 1. The lowest BCUT2D eigenvalue weighted by molar-refractivity contribution is -0.148. The Labute approximate surface area is 261 Å². The van der Waals surface area contributed by atoms with E-state index in [0.29, 0.717) is 22.2 Å². The van der Waals surface area contributed by atoms with Gasteiger partial charge in [0.05, 0.1) is 27.5 Å². The Morgan fingerprint density at radius 1 is 0.953 bits per heavy atom. The van der Waals surface area contributed by atoms with E-state index in [1.165, 1.54) is 6.92 Å². The number of carbonyl (C=O) groups is 2. The number of hydrogen-bond donors (Lipinski definition) is 1. The van der Waals surface area contributed by atoms with Crippen molar-refractivity contribution in [1.29, 1.82) is 0 Å². The van der Waals surface area contributed by atoms with Gasteiger partial charge in [0.15, 0.2) is 6.10 Å². The maximum Gasteiger partial charge on any atom is 0.303 e. The first kappa shape index (κ1) is 30.7. The number of piperidine rings is 1. The Kier molecular flexibility index (Phi) is 9.80. The number of carbonyl (C=O) groups excluding carboxylic acids is 2. The first-order valence-corrected chi connectivity index (χ1v) is 15.2. The molecule has 1 aliphatic heterocycles. The van der Waals surface area contributed by atoms with Gasteiger partial charge in [0, 0.05) is 32.9 Å². The Hall–Kier alpha value is -3.72. The maximum atomic E-state index is 12.5. The Morgan fingerprint density at radius 2 is 1.63 bits per heavy atom. The van der Waals surface area contributed by atoms with Gasteiger partial charge >= 0.3 is 5.97 Å². The molecule has 0 saturated carbocycles. The van der Waals surface area contributed by atoms with Crippen LogP contribution in [0, 0.1) is 0 Å². The minimum atomic E-state index is -0.683. The Morgan fingerprint density at radius 3 is 2.26 bits per heavy atom. The molecule has 1 amide bonds. The van der Waals surface area contributed by atoms with Gasteiger partial charge in [0.25, 0.3) is 0 Å². The molecule has 1 saturated heterocycles. The lowest BCUT2D eigenvalue weighted by Crippen LogP contribution is -2.52. The summed E-state index contributed by atoms with van der Waals surface area (Å²) in [4.78, 5) is 27.1. The monoisotopic (exact) mass is 619 g/mol. The summed E-state index contributed by atoms with van der Waals surface area (Å²) in [7, 11) is 0. The largest absolute Gasteiger partial charge is 0.455 e. The quantitative estimate of drug-likeness (QED) is 0.204. The van der Waals surface area contributed by atoms with Crippen LogP contribution in [0.3, 0.4) is 0 Å². The van der Waals surface area contributed by atoms with Gasteiger partial charge in [-0.2, -0.15) is 0 Å². The van der Waals surface area contributed by atoms with Crippen LogP contribution in [-0.4, -0.2) is 51.4 Å². The summed E-state index contributed by atoms with van der Waals surface area (Å²) in [6, 6.07) is 25.4.